The number of nitriles is 2. The maximum absolute atomic E-state index is 12.2. The van der Waals surface area contributed by atoms with Crippen LogP contribution in [0.2, 0.25) is 5.02 Å². The topological polar surface area (TPSA) is 154 Å². The van der Waals surface area contributed by atoms with Crippen molar-refractivity contribution in [3.05, 3.63) is 69.0 Å². The Morgan fingerprint density at radius 3 is 2.53 bits per heavy atom. The molecular weight excluding hydrogens is 434 g/mol. The number of ether oxygens (including phenoxy) is 2. The monoisotopic (exact) mass is 449 g/mol. The number of nitrogens with one attached hydrogen (secondary N) is 2. The number of carbonyl (C=O) groups is 1. The highest BCUT2D eigenvalue weighted by Gasteiger charge is 2.20. The molecule has 0 saturated carbocycles. The molecule has 9 nitrogen and oxygen atoms in total. The minimum Gasteiger partial charge on any atom is -0.493 e. The van der Waals surface area contributed by atoms with Crippen LogP contribution in [0.5, 0.6) is 11.5 Å². The summed E-state index contributed by atoms with van der Waals surface area (Å²) in [5.41, 5.74) is 5.61. The molecule has 0 atom stereocenters. The van der Waals surface area contributed by atoms with Crippen LogP contribution in [0.15, 0.2) is 47.3 Å². The molecule has 1 amide bonds. The fourth-order valence-electron chi connectivity index (χ4n) is 2.97. The Hall–Kier alpha value is -4.47. The molecule has 0 spiro atoms. The number of hydrogen-bond acceptors (Lipinski definition) is 7. The zero-order valence-electron chi connectivity index (χ0n) is 16.7. The Bertz CT molecular complexity index is 1340. The summed E-state index contributed by atoms with van der Waals surface area (Å²) in [6.45, 7) is -0.328. The number of anilines is 2. The van der Waals surface area contributed by atoms with Crippen LogP contribution in [0, 0.1) is 22.7 Å². The standard InChI is InChI=1S/C22H16ClN5O4/c1-31-18-8-12(20-13(9-24)21(26)28-22(30)14(20)10-25)6-7-17(18)32-11-19(29)27-16-5-3-2-4-15(16)23/h2-8H,11H2,1H3,(H,27,29)(H3,26,28,30). The molecule has 4 N–H and O–H groups in total. The van der Waals surface area contributed by atoms with E-state index in [1.807, 2.05) is 6.07 Å². The maximum Gasteiger partial charge on any atom is 0.268 e. The van der Waals surface area contributed by atoms with E-state index in [9.17, 15) is 20.1 Å². The van der Waals surface area contributed by atoms with Gasteiger partial charge in [0.25, 0.3) is 11.5 Å². The van der Waals surface area contributed by atoms with Crippen LogP contribution < -0.4 is 26.1 Å². The predicted octanol–water partition coefficient (Wildman–Crippen LogP) is 3.05. The number of nitrogens with two attached hydrogens (primary N) is 1. The van der Waals surface area contributed by atoms with Crippen molar-refractivity contribution in [1.29, 1.82) is 10.5 Å². The molecule has 0 aliphatic carbocycles. The van der Waals surface area contributed by atoms with E-state index in [0.717, 1.165) is 0 Å². The first kappa shape index (κ1) is 22.2. The average Bonchev–Trinajstić information content (AvgIpc) is 2.78. The number of aromatic amines is 1. The number of halogens is 1. The number of hydrogen-bond donors (Lipinski definition) is 3. The summed E-state index contributed by atoms with van der Waals surface area (Å²) >= 11 is 6.03. The fourth-order valence-corrected chi connectivity index (χ4v) is 3.15. The van der Waals surface area contributed by atoms with Crippen molar-refractivity contribution >= 4 is 29.0 Å². The molecular formula is C22H16ClN5O4. The number of carbonyl (C=O) groups excluding carboxylic acids is 1. The van der Waals surface area contributed by atoms with E-state index in [1.54, 1.807) is 30.3 Å². The quantitative estimate of drug-likeness (QED) is 0.522. The molecule has 10 heteroatoms. The lowest BCUT2D eigenvalue weighted by molar-refractivity contribution is -0.118. The van der Waals surface area contributed by atoms with Crippen molar-refractivity contribution in [3.8, 4) is 34.8 Å². The van der Waals surface area contributed by atoms with Crippen LogP contribution in [-0.2, 0) is 4.79 Å². The van der Waals surface area contributed by atoms with Crippen molar-refractivity contribution in [3.63, 3.8) is 0 Å². The number of benzene rings is 2. The Kier molecular flexibility index (Phi) is 6.64. The predicted molar refractivity (Wildman–Crippen MR) is 118 cm³/mol. The normalized spacial score (nSPS) is 10.0. The van der Waals surface area contributed by atoms with Gasteiger partial charge in [-0.15, -0.1) is 0 Å². The molecule has 0 fully saturated rings. The Balaban J connectivity index is 1.89. The van der Waals surface area contributed by atoms with Gasteiger partial charge in [0.2, 0.25) is 0 Å². The lowest BCUT2D eigenvalue weighted by atomic mass is 9.96. The molecule has 1 aromatic heterocycles. The minimum absolute atomic E-state index is 0.0454. The van der Waals surface area contributed by atoms with Gasteiger partial charge in [0, 0.05) is 5.56 Å². The second-order valence-corrected chi connectivity index (χ2v) is 6.81. The number of H-pyrrole nitrogens is 1. The van der Waals surface area contributed by atoms with Gasteiger partial charge in [-0.25, -0.2) is 0 Å². The number of methoxy groups -OCH3 is 1. The van der Waals surface area contributed by atoms with Gasteiger partial charge in [0.1, 0.15) is 29.1 Å². The number of aromatic nitrogens is 1. The SMILES string of the molecule is COc1cc(-c2c(C#N)c(N)[nH]c(=O)c2C#N)ccc1OCC(=O)Nc1ccccc1Cl. The van der Waals surface area contributed by atoms with Crippen LogP contribution in [0.25, 0.3) is 11.1 Å². The second kappa shape index (κ2) is 9.56. The van der Waals surface area contributed by atoms with Crippen molar-refractivity contribution < 1.29 is 14.3 Å². The van der Waals surface area contributed by atoms with E-state index in [0.29, 0.717) is 16.3 Å². The number of nitrogen functional groups attached to an aromatic ring is 1. The molecule has 32 heavy (non-hydrogen) atoms. The van der Waals surface area contributed by atoms with Crippen LogP contribution >= 0.6 is 11.6 Å². The molecule has 160 valence electrons. The molecule has 3 aromatic rings. The van der Waals surface area contributed by atoms with Gasteiger partial charge in [0.15, 0.2) is 18.1 Å². The number of amides is 1. The minimum atomic E-state index is -0.713. The zero-order valence-corrected chi connectivity index (χ0v) is 17.5. The van der Waals surface area contributed by atoms with Crippen LogP contribution in [0.1, 0.15) is 11.1 Å². The Labute approximate surface area is 187 Å². The average molecular weight is 450 g/mol. The molecule has 2 aromatic carbocycles. The third kappa shape index (κ3) is 4.48. The number of para-hydroxylation sites is 1. The molecule has 1 heterocycles. The van der Waals surface area contributed by atoms with Crippen molar-refractivity contribution in [2.75, 3.05) is 24.8 Å². The van der Waals surface area contributed by atoms with E-state index in [1.165, 1.54) is 25.3 Å². The Morgan fingerprint density at radius 1 is 1.16 bits per heavy atom. The first-order valence-corrected chi connectivity index (χ1v) is 9.49. The third-order valence-electron chi connectivity index (χ3n) is 4.43. The number of pyridine rings is 1. The summed E-state index contributed by atoms with van der Waals surface area (Å²) in [6.07, 6.45) is 0. The molecule has 0 unspecified atom stereocenters. The lowest BCUT2D eigenvalue weighted by Gasteiger charge is -2.14. The Morgan fingerprint density at radius 2 is 1.88 bits per heavy atom. The van der Waals surface area contributed by atoms with Gasteiger partial charge >= 0.3 is 0 Å². The molecule has 0 radical (unpaired) electrons. The highest BCUT2D eigenvalue weighted by atomic mass is 35.5. The van der Waals surface area contributed by atoms with E-state index < -0.39 is 11.5 Å². The summed E-state index contributed by atoms with van der Waals surface area (Å²) in [5, 5.41) is 21.9. The summed E-state index contributed by atoms with van der Waals surface area (Å²) in [7, 11) is 1.39. The van der Waals surface area contributed by atoms with Crippen molar-refractivity contribution in [2.24, 2.45) is 0 Å². The molecule has 3 rings (SSSR count). The summed E-state index contributed by atoms with van der Waals surface area (Å²) in [5.74, 6) is -0.132. The lowest BCUT2D eigenvalue weighted by Crippen LogP contribution is -2.20. The largest absolute Gasteiger partial charge is 0.493 e. The first-order chi connectivity index (χ1) is 15.4. The van der Waals surface area contributed by atoms with Gasteiger partial charge in [-0.05, 0) is 29.8 Å². The van der Waals surface area contributed by atoms with Crippen molar-refractivity contribution in [1.82, 2.24) is 4.98 Å². The van der Waals surface area contributed by atoms with E-state index in [-0.39, 0.29) is 40.6 Å². The summed E-state index contributed by atoms with van der Waals surface area (Å²) in [6, 6.07) is 15.0. The van der Waals surface area contributed by atoms with Crippen molar-refractivity contribution in [2.45, 2.75) is 0 Å². The zero-order chi connectivity index (χ0) is 23.3. The number of nitrogens with zero attached hydrogens (tertiary/aromatic N) is 2. The second-order valence-electron chi connectivity index (χ2n) is 6.40. The summed E-state index contributed by atoms with van der Waals surface area (Å²) in [4.78, 5) is 26.6. The highest BCUT2D eigenvalue weighted by molar-refractivity contribution is 6.33. The van der Waals surface area contributed by atoms with Gasteiger partial charge in [-0.2, -0.15) is 10.5 Å². The van der Waals surface area contributed by atoms with Gasteiger partial charge in [-0.1, -0.05) is 29.8 Å². The van der Waals surface area contributed by atoms with Crippen LogP contribution in [0.3, 0.4) is 0 Å². The third-order valence-corrected chi connectivity index (χ3v) is 4.76. The fraction of sp³-hybridized carbons (Fsp3) is 0.0909. The van der Waals surface area contributed by atoms with Gasteiger partial charge < -0.3 is 25.5 Å². The summed E-state index contributed by atoms with van der Waals surface area (Å²) < 4.78 is 10.9. The molecule has 0 aliphatic heterocycles. The van der Waals surface area contributed by atoms with Gasteiger partial charge in [0.05, 0.1) is 17.8 Å². The molecule has 0 saturated heterocycles. The maximum atomic E-state index is 12.2. The number of rotatable bonds is 6. The van der Waals surface area contributed by atoms with E-state index in [2.05, 4.69) is 10.3 Å². The highest BCUT2D eigenvalue weighted by Crippen LogP contribution is 2.35. The van der Waals surface area contributed by atoms with E-state index in [4.69, 9.17) is 26.8 Å². The molecule has 0 bridgehead atoms. The first-order valence-electron chi connectivity index (χ1n) is 9.11. The smallest absolute Gasteiger partial charge is 0.268 e. The van der Waals surface area contributed by atoms with Crippen LogP contribution in [-0.4, -0.2) is 24.6 Å². The van der Waals surface area contributed by atoms with Gasteiger partial charge in [-0.3, -0.25) is 9.59 Å². The van der Waals surface area contributed by atoms with E-state index >= 15 is 0 Å². The molecule has 0 aliphatic rings. The van der Waals surface area contributed by atoms with Crippen LogP contribution in [0.4, 0.5) is 11.5 Å².